The Labute approximate surface area is 110 Å². The van der Waals surface area contributed by atoms with Crippen molar-refractivity contribution in [1.82, 2.24) is 10.3 Å². The summed E-state index contributed by atoms with van der Waals surface area (Å²) in [6.45, 7) is 0.899. The molecule has 1 aromatic heterocycles. The first-order chi connectivity index (χ1) is 9.26. The Hall–Kier alpha value is -2.18. The van der Waals surface area contributed by atoms with Gasteiger partial charge < -0.3 is 15.5 Å². The fourth-order valence-corrected chi connectivity index (χ4v) is 1.77. The summed E-state index contributed by atoms with van der Waals surface area (Å²) in [5, 5.41) is 3.59. The number of fused-ring (bicyclic) bond motifs is 1. The van der Waals surface area contributed by atoms with Crippen LogP contribution in [-0.4, -0.2) is 31.2 Å². The molecule has 0 aliphatic carbocycles. The standard InChI is InChI=1S/C13H16N4O2/c1-19-7-6-15-13(18)12-8-11(17-14)9-4-2-3-5-10(9)16-12/h2-5,8H,6-7,14H2,1H3,(H,15,18)(H,16,17). The number of hydrogen-bond donors (Lipinski definition) is 3. The molecule has 0 saturated carbocycles. The van der Waals surface area contributed by atoms with Crippen molar-refractivity contribution >= 4 is 22.5 Å². The fourth-order valence-electron chi connectivity index (χ4n) is 1.77. The molecule has 2 aromatic rings. The summed E-state index contributed by atoms with van der Waals surface area (Å²) in [7, 11) is 1.58. The van der Waals surface area contributed by atoms with Gasteiger partial charge in [0.1, 0.15) is 5.69 Å². The van der Waals surface area contributed by atoms with E-state index in [1.165, 1.54) is 0 Å². The van der Waals surface area contributed by atoms with Crippen molar-refractivity contribution in [1.29, 1.82) is 0 Å². The average Bonchev–Trinajstić information content (AvgIpc) is 2.46. The zero-order valence-electron chi connectivity index (χ0n) is 10.6. The quantitative estimate of drug-likeness (QED) is 0.422. The van der Waals surface area contributed by atoms with Gasteiger partial charge in [-0.3, -0.25) is 10.6 Å². The van der Waals surface area contributed by atoms with E-state index in [1.807, 2.05) is 24.3 Å². The van der Waals surface area contributed by atoms with E-state index < -0.39 is 0 Å². The minimum absolute atomic E-state index is 0.251. The molecule has 6 heteroatoms. The van der Waals surface area contributed by atoms with Crippen molar-refractivity contribution in [2.75, 3.05) is 25.7 Å². The predicted octanol–water partition coefficient (Wildman–Crippen LogP) is 0.897. The van der Waals surface area contributed by atoms with Crippen LogP contribution >= 0.6 is 0 Å². The molecule has 19 heavy (non-hydrogen) atoms. The number of aromatic nitrogens is 1. The van der Waals surface area contributed by atoms with E-state index in [1.54, 1.807) is 13.2 Å². The van der Waals surface area contributed by atoms with Crippen LogP contribution in [0.2, 0.25) is 0 Å². The van der Waals surface area contributed by atoms with Crippen LogP contribution in [0.3, 0.4) is 0 Å². The third-order valence-electron chi connectivity index (χ3n) is 2.70. The first-order valence-corrected chi connectivity index (χ1v) is 5.90. The molecule has 0 fully saturated rings. The SMILES string of the molecule is COCCNC(=O)c1cc(NN)c2ccccc2n1. The van der Waals surface area contributed by atoms with Gasteiger partial charge in [0.05, 0.1) is 17.8 Å². The van der Waals surface area contributed by atoms with Crippen LogP contribution in [0.15, 0.2) is 30.3 Å². The highest BCUT2D eigenvalue weighted by atomic mass is 16.5. The highest BCUT2D eigenvalue weighted by Gasteiger charge is 2.10. The summed E-state index contributed by atoms with van der Waals surface area (Å²) in [5.74, 6) is 5.23. The van der Waals surface area contributed by atoms with Gasteiger partial charge in [-0.2, -0.15) is 0 Å². The summed E-state index contributed by atoms with van der Waals surface area (Å²) < 4.78 is 4.88. The minimum atomic E-state index is -0.251. The van der Waals surface area contributed by atoms with Crippen molar-refractivity contribution < 1.29 is 9.53 Å². The number of methoxy groups -OCH3 is 1. The Morgan fingerprint density at radius 3 is 2.95 bits per heavy atom. The molecule has 2 rings (SSSR count). The summed E-state index contributed by atoms with van der Waals surface area (Å²) in [5.41, 5.74) is 4.30. The highest BCUT2D eigenvalue weighted by molar-refractivity contribution is 5.99. The zero-order valence-corrected chi connectivity index (χ0v) is 10.6. The number of hydrogen-bond acceptors (Lipinski definition) is 5. The van der Waals surface area contributed by atoms with Gasteiger partial charge in [0.2, 0.25) is 0 Å². The molecule has 0 spiro atoms. The number of hydrazine groups is 1. The number of nitrogens with zero attached hydrogens (tertiary/aromatic N) is 1. The maximum absolute atomic E-state index is 11.9. The Kier molecular flexibility index (Phi) is 4.27. The first kappa shape index (κ1) is 13.3. The van der Waals surface area contributed by atoms with Crippen LogP contribution in [0.4, 0.5) is 5.69 Å². The summed E-state index contributed by atoms with van der Waals surface area (Å²) >= 11 is 0. The van der Waals surface area contributed by atoms with Crippen LogP contribution in [0.5, 0.6) is 0 Å². The fraction of sp³-hybridized carbons (Fsp3) is 0.231. The molecule has 0 radical (unpaired) electrons. The van der Waals surface area contributed by atoms with Crippen molar-refractivity contribution in [3.63, 3.8) is 0 Å². The molecule has 1 amide bonds. The third-order valence-corrected chi connectivity index (χ3v) is 2.70. The Balaban J connectivity index is 2.31. The lowest BCUT2D eigenvalue weighted by Crippen LogP contribution is -2.28. The zero-order chi connectivity index (χ0) is 13.7. The van der Waals surface area contributed by atoms with Gasteiger partial charge in [-0.05, 0) is 12.1 Å². The average molecular weight is 260 g/mol. The molecule has 6 nitrogen and oxygen atoms in total. The van der Waals surface area contributed by atoms with Gasteiger partial charge >= 0.3 is 0 Å². The number of anilines is 1. The topological polar surface area (TPSA) is 89.3 Å². The Morgan fingerprint density at radius 2 is 2.21 bits per heavy atom. The molecule has 0 atom stereocenters. The Bertz CT molecular complexity index is 586. The predicted molar refractivity (Wildman–Crippen MR) is 73.8 cm³/mol. The van der Waals surface area contributed by atoms with E-state index in [0.29, 0.717) is 24.5 Å². The molecule has 100 valence electrons. The highest BCUT2D eigenvalue weighted by Crippen LogP contribution is 2.22. The molecular weight excluding hydrogens is 244 g/mol. The van der Waals surface area contributed by atoms with Crippen LogP contribution < -0.4 is 16.6 Å². The monoisotopic (exact) mass is 260 g/mol. The molecular formula is C13H16N4O2. The number of carbonyl (C=O) groups is 1. The van der Waals surface area contributed by atoms with Crippen LogP contribution in [0.1, 0.15) is 10.5 Å². The largest absolute Gasteiger partial charge is 0.383 e. The molecule has 0 aliphatic heterocycles. The van der Waals surface area contributed by atoms with E-state index in [0.717, 1.165) is 10.9 Å². The van der Waals surface area contributed by atoms with E-state index in [2.05, 4.69) is 15.7 Å². The second-order valence-electron chi connectivity index (χ2n) is 3.97. The van der Waals surface area contributed by atoms with E-state index in [9.17, 15) is 4.79 Å². The molecule has 1 heterocycles. The molecule has 0 aliphatic rings. The number of benzene rings is 1. The van der Waals surface area contributed by atoms with Crippen LogP contribution in [-0.2, 0) is 4.74 Å². The first-order valence-electron chi connectivity index (χ1n) is 5.90. The lowest BCUT2D eigenvalue weighted by atomic mass is 10.1. The summed E-state index contributed by atoms with van der Waals surface area (Å²) in [6, 6.07) is 9.11. The van der Waals surface area contributed by atoms with E-state index in [-0.39, 0.29) is 5.91 Å². The second-order valence-corrected chi connectivity index (χ2v) is 3.97. The number of nitrogens with one attached hydrogen (secondary N) is 2. The van der Waals surface area contributed by atoms with Gasteiger partial charge in [-0.15, -0.1) is 0 Å². The van der Waals surface area contributed by atoms with Gasteiger partial charge in [-0.25, -0.2) is 4.98 Å². The molecule has 1 aromatic carbocycles. The number of nitrogens with two attached hydrogens (primary N) is 1. The lowest BCUT2D eigenvalue weighted by molar-refractivity contribution is 0.0932. The minimum Gasteiger partial charge on any atom is -0.383 e. The van der Waals surface area contributed by atoms with Gasteiger partial charge in [-0.1, -0.05) is 18.2 Å². The molecule has 4 N–H and O–H groups in total. The van der Waals surface area contributed by atoms with Crippen molar-refractivity contribution in [3.05, 3.63) is 36.0 Å². The number of amides is 1. The van der Waals surface area contributed by atoms with Crippen molar-refractivity contribution in [3.8, 4) is 0 Å². The number of pyridine rings is 1. The maximum atomic E-state index is 11.9. The normalized spacial score (nSPS) is 10.4. The number of nitrogen functional groups attached to an aromatic ring is 1. The lowest BCUT2D eigenvalue weighted by Gasteiger charge is -2.09. The van der Waals surface area contributed by atoms with Crippen molar-refractivity contribution in [2.45, 2.75) is 0 Å². The van der Waals surface area contributed by atoms with Crippen molar-refractivity contribution in [2.24, 2.45) is 5.84 Å². The second kappa shape index (κ2) is 6.12. The molecule has 0 bridgehead atoms. The summed E-state index contributed by atoms with van der Waals surface area (Å²) in [4.78, 5) is 16.2. The molecule has 0 saturated heterocycles. The third kappa shape index (κ3) is 2.98. The van der Waals surface area contributed by atoms with Gasteiger partial charge in [0, 0.05) is 19.0 Å². The van der Waals surface area contributed by atoms with Gasteiger partial charge in [0.15, 0.2) is 0 Å². The van der Waals surface area contributed by atoms with E-state index >= 15 is 0 Å². The van der Waals surface area contributed by atoms with Crippen LogP contribution in [0, 0.1) is 0 Å². The van der Waals surface area contributed by atoms with E-state index in [4.69, 9.17) is 10.6 Å². The summed E-state index contributed by atoms with van der Waals surface area (Å²) in [6.07, 6.45) is 0. The molecule has 0 unspecified atom stereocenters. The number of para-hydroxylation sites is 1. The Morgan fingerprint density at radius 1 is 1.42 bits per heavy atom. The number of carbonyl (C=O) groups excluding carboxylic acids is 1. The maximum Gasteiger partial charge on any atom is 0.270 e. The van der Waals surface area contributed by atoms with Gasteiger partial charge in [0.25, 0.3) is 5.91 Å². The number of ether oxygens (including phenoxy) is 1. The number of rotatable bonds is 5. The van der Waals surface area contributed by atoms with Crippen LogP contribution in [0.25, 0.3) is 10.9 Å². The smallest absolute Gasteiger partial charge is 0.270 e.